The Morgan fingerprint density at radius 3 is 1.87 bits per heavy atom. The largest absolute Gasteiger partial charge is 0.497 e. The Kier molecular flexibility index (Phi) is 5.05. The number of ether oxygens (including phenoxy) is 1. The minimum absolute atomic E-state index is 0.571. The summed E-state index contributed by atoms with van der Waals surface area (Å²) >= 11 is 0. The van der Waals surface area contributed by atoms with E-state index >= 15 is 0 Å². The molecule has 0 aliphatic heterocycles. The number of rotatable bonds is 5. The van der Waals surface area contributed by atoms with Gasteiger partial charge in [-0.2, -0.15) is 0 Å². The minimum Gasteiger partial charge on any atom is -0.497 e. The maximum Gasteiger partial charge on any atom is 0.157 e. The molecule has 122 valence electrons. The van der Waals surface area contributed by atoms with Crippen LogP contribution in [0.25, 0.3) is 12.2 Å². The molecule has 1 heterocycles. The fourth-order valence-electron chi connectivity index (χ4n) is 2.10. The van der Waals surface area contributed by atoms with Gasteiger partial charge in [0.25, 0.3) is 0 Å². The quantitative estimate of drug-likeness (QED) is 0.914. The first-order valence-electron chi connectivity index (χ1n) is 7.26. The van der Waals surface area contributed by atoms with Gasteiger partial charge in [0.1, 0.15) is 11.4 Å². The standard InChI is InChI=1S/C17H23N5O/c1-21(2)16-15(18)17(22(3)4)20-14(19-16)11-8-12-6-9-13(23-5)10-7-12/h6-11H,18H2,1-5H3. The Balaban J connectivity index is 2.36. The summed E-state index contributed by atoms with van der Waals surface area (Å²) in [5.74, 6) is 2.86. The van der Waals surface area contributed by atoms with E-state index in [9.17, 15) is 0 Å². The summed E-state index contributed by atoms with van der Waals surface area (Å²) in [4.78, 5) is 12.8. The van der Waals surface area contributed by atoms with Crippen molar-refractivity contribution in [3.8, 4) is 5.75 Å². The van der Waals surface area contributed by atoms with E-state index in [1.165, 1.54) is 0 Å². The van der Waals surface area contributed by atoms with Gasteiger partial charge in [0.2, 0.25) is 0 Å². The predicted octanol–water partition coefficient (Wildman–Crippen LogP) is 2.37. The molecule has 0 bridgehead atoms. The molecular formula is C17H23N5O. The highest BCUT2D eigenvalue weighted by Crippen LogP contribution is 2.28. The number of nitrogen functional groups attached to an aromatic ring is 1. The molecule has 2 N–H and O–H groups in total. The lowest BCUT2D eigenvalue weighted by atomic mass is 10.2. The fraction of sp³-hybridized carbons (Fsp3) is 0.294. The molecule has 0 radical (unpaired) electrons. The second-order valence-electron chi connectivity index (χ2n) is 5.54. The van der Waals surface area contributed by atoms with E-state index in [2.05, 4.69) is 9.97 Å². The number of benzene rings is 1. The van der Waals surface area contributed by atoms with Crippen molar-refractivity contribution in [2.24, 2.45) is 0 Å². The van der Waals surface area contributed by atoms with Crippen molar-refractivity contribution in [1.82, 2.24) is 9.97 Å². The Labute approximate surface area is 137 Å². The first-order valence-corrected chi connectivity index (χ1v) is 7.26. The van der Waals surface area contributed by atoms with E-state index in [4.69, 9.17) is 10.5 Å². The zero-order chi connectivity index (χ0) is 17.0. The van der Waals surface area contributed by atoms with Gasteiger partial charge in [-0.15, -0.1) is 0 Å². The highest BCUT2D eigenvalue weighted by Gasteiger charge is 2.13. The molecule has 0 saturated carbocycles. The summed E-state index contributed by atoms with van der Waals surface area (Å²) in [6.45, 7) is 0. The number of hydrogen-bond donors (Lipinski definition) is 1. The van der Waals surface area contributed by atoms with E-state index < -0.39 is 0 Å². The first-order chi connectivity index (χ1) is 10.9. The van der Waals surface area contributed by atoms with Crippen LogP contribution in [0.15, 0.2) is 24.3 Å². The highest BCUT2D eigenvalue weighted by atomic mass is 16.5. The zero-order valence-corrected chi connectivity index (χ0v) is 14.2. The van der Waals surface area contributed by atoms with Gasteiger partial charge in [-0.3, -0.25) is 0 Å². The molecule has 0 unspecified atom stereocenters. The average Bonchev–Trinajstić information content (AvgIpc) is 2.53. The summed E-state index contributed by atoms with van der Waals surface area (Å²) in [5.41, 5.74) is 7.76. The van der Waals surface area contributed by atoms with Crippen LogP contribution in [-0.4, -0.2) is 45.3 Å². The topological polar surface area (TPSA) is 67.5 Å². The Morgan fingerprint density at radius 2 is 1.43 bits per heavy atom. The lowest BCUT2D eigenvalue weighted by molar-refractivity contribution is 0.415. The van der Waals surface area contributed by atoms with Crippen molar-refractivity contribution in [2.45, 2.75) is 0 Å². The monoisotopic (exact) mass is 313 g/mol. The number of aromatic nitrogens is 2. The van der Waals surface area contributed by atoms with E-state index in [0.717, 1.165) is 11.3 Å². The summed E-state index contributed by atoms with van der Waals surface area (Å²) in [6.07, 6.45) is 3.84. The third-order valence-electron chi connectivity index (χ3n) is 3.31. The Hall–Kier alpha value is -2.76. The molecule has 0 atom stereocenters. The number of anilines is 3. The van der Waals surface area contributed by atoms with Crippen molar-refractivity contribution in [2.75, 3.05) is 50.8 Å². The molecule has 6 heteroatoms. The summed E-state index contributed by atoms with van der Waals surface area (Å²) in [7, 11) is 9.30. The van der Waals surface area contributed by atoms with Gasteiger partial charge in [0.15, 0.2) is 17.5 Å². The SMILES string of the molecule is COc1ccc(C=Cc2nc(N(C)C)c(N)c(N(C)C)n2)cc1. The molecule has 23 heavy (non-hydrogen) atoms. The molecule has 6 nitrogen and oxygen atoms in total. The first kappa shape index (κ1) is 16.6. The molecule has 0 aliphatic rings. The second-order valence-corrected chi connectivity index (χ2v) is 5.54. The zero-order valence-electron chi connectivity index (χ0n) is 14.2. The molecule has 0 spiro atoms. The molecule has 2 aromatic rings. The van der Waals surface area contributed by atoms with Gasteiger partial charge < -0.3 is 20.3 Å². The third-order valence-corrected chi connectivity index (χ3v) is 3.31. The molecule has 0 aliphatic carbocycles. The van der Waals surface area contributed by atoms with Crippen molar-refractivity contribution in [1.29, 1.82) is 0 Å². The van der Waals surface area contributed by atoms with Crippen LogP contribution in [-0.2, 0) is 0 Å². The Bertz CT molecular complexity index is 664. The van der Waals surface area contributed by atoms with Gasteiger partial charge in [0.05, 0.1) is 7.11 Å². The minimum atomic E-state index is 0.571. The summed E-state index contributed by atoms with van der Waals surface area (Å²) in [5, 5.41) is 0. The lowest BCUT2D eigenvalue weighted by Gasteiger charge is -2.20. The van der Waals surface area contributed by atoms with Gasteiger partial charge >= 0.3 is 0 Å². The number of nitrogens with two attached hydrogens (primary N) is 1. The molecule has 1 aromatic heterocycles. The van der Waals surface area contributed by atoms with E-state index in [-0.39, 0.29) is 0 Å². The predicted molar refractivity (Wildman–Crippen MR) is 97.0 cm³/mol. The molecule has 0 fully saturated rings. The molecule has 0 saturated heterocycles. The van der Waals surface area contributed by atoms with Crippen LogP contribution in [0.1, 0.15) is 11.4 Å². The van der Waals surface area contributed by atoms with E-state index in [0.29, 0.717) is 23.1 Å². The van der Waals surface area contributed by atoms with Crippen LogP contribution in [0, 0.1) is 0 Å². The molecular weight excluding hydrogens is 290 g/mol. The summed E-state index contributed by atoms with van der Waals surface area (Å²) < 4.78 is 5.16. The molecule has 0 amide bonds. The van der Waals surface area contributed by atoms with Crippen LogP contribution >= 0.6 is 0 Å². The smallest absolute Gasteiger partial charge is 0.157 e. The number of nitrogens with zero attached hydrogens (tertiary/aromatic N) is 4. The van der Waals surface area contributed by atoms with Crippen LogP contribution in [0.5, 0.6) is 5.75 Å². The maximum absolute atomic E-state index is 6.15. The van der Waals surface area contributed by atoms with Crippen molar-refractivity contribution < 1.29 is 4.74 Å². The molecule has 2 rings (SSSR count). The number of methoxy groups -OCH3 is 1. The summed E-state index contributed by atoms with van der Waals surface area (Å²) in [6, 6.07) is 7.79. The van der Waals surface area contributed by atoms with Gasteiger partial charge in [-0.25, -0.2) is 9.97 Å². The maximum atomic E-state index is 6.15. The lowest BCUT2D eigenvalue weighted by Crippen LogP contribution is -2.19. The van der Waals surface area contributed by atoms with Gasteiger partial charge in [-0.1, -0.05) is 18.2 Å². The van der Waals surface area contributed by atoms with Crippen LogP contribution < -0.4 is 20.3 Å². The Morgan fingerprint density at radius 1 is 0.913 bits per heavy atom. The average molecular weight is 313 g/mol. The van der Waals surface area contributed by atoms with Crippen LogP contribution in [0.4, 0.5) is 17.3 Å². The van der Waals surface area contributed by atoms with Crippen LogP contribution in [0.3, 0.4) is 0 Å². The van der Waals surface area contributed by atoms with E-state index in [1.807, 2.05) is 74.4 Å². The third kappa shape index (κ3) is 3.91. The van der Waals surface area contributed by atoms with Gasteiger partial charge in [-0.05, 0) is 23.8 Å². The van der Waals surface area contributed by atoms with Crippen molar-refractivity contribution in [3.05, 3.63) is 35.7 Å². The van der Waals surface area contributed by atoms with Crippen molar-refractivity contribution in [3.63, 3.8) is 0 Å². The van der Waals surface area contributed by atoms with Gasteiger partial charge in [0, 0.05) is 28.2 Å². The van der Waals surface area contributed by atoms with E-state index in [1.54, 1.807) is 7.11 Å². The normalized spacial score (nSPS) is 10.8. The van der Waals surface area contributed by atoms with Crippen molar-refractivity contribution >= 4 is 29.5 Å². The van der Waals surface area contributed by atoms with Crippen LogP contribution in [0.2, 0.25) is 0 Å². The number of hydrogen-bond acceptors (Lipinski definition) is 6. The second kappa shape index (κ2) is 7.00. The fourth-order valence-corrected chi connectivity index (χ4v) is 2.10. The molecule has 1 aromatic carbocycles. The highest BCUT2D eigenvalue weighted by molar-refractivity contribution is 5.78.